The van der Waals surface area contributed by atoms with Gasteiger partial charge >= 0.3 is 5.97 Å². The predicted molar refractivity (Wildman–Crippen MR) is 174 cm³/mol. The van der Waals surface area contributed by atoms with Gasteiger partial charge in [-0.05, 0) is 91.3 Å². The van der Waals surface area contributed by atoms with Crippen molar-refractivity contribution in [3.8, 4) is 16.9 Å². The summed E-state index contributed by atoms with van der Waals surface area (Å²) >= 11 is 0. The lowest BCUT2D eigenvalue weighted by Crippen LogP contribution is -2.35. The average Bonchev–Trinajstić information content (AvgIpc) is 3.27. The van der Waals surface area contributed by atoms with Gasteiger partial charge in [0, 0.05) is 18.5 Å². The van der Waals surface area contributed by atoms with Gasteiger partial charge in [0.15, 0.2) is 0 Å². The zero-order chi connectivity index (χ0) is 31.0. The number of rotatable bonds is 14. The van der Waals surface area contributed by atoms with Gasteiger partial charge in [0.25, 0.3) is 5.91 Å². The molecular formula is C37H46N2O4. The summed E-state index contributed by atoms with van der Waals surface area (Å²) in [4.78, 5) is 31.2. The molecule has 0 saturated carbocycles. The zero-order valence-corrected chi connectivity index (χ0v) is 26.4. The van der Waals surface area contributed by atoms with E-state index in [0.29, 0.717) is 13.2 Å². The Balaban J connectivity index is 1.36. The molecule has 0 aliphatic carbocycles. The van der Waals surface area contributed by atoms with Gasteiger partial charge in [-0.3, -0.25) is 19.5 Å². The monoisotopic (exact) mass is 582 g/mol. The minimum absolute atomic E-state index is 0.0284. The van der Waals surface area contributed by atoms with Crippen LogP contribution < -0.4 is 4.74 Å². The largest absolute Gasteiger partial charge is 0.493 e. The van der Waals surface area contributed by atoms with Crippen molar-refractivity contribution in [3.05, 3.63) is 89.0 Å². The van der Waals surface area contributed by atoms with Crippen LogP contribution >= 0.6 is 0 Å². The molecule has 4 rings (SSSR count). The van der Waals surface area contributed by atoms with Crippen LogP contribution in [0.15, 0.2) is 71.7 Å². The summed E-state index contributed by atoms with van der Waals surface area (Å²) in [5, 5.41) is 9.26. The van der Waals surface area contributed by atoms with E-state index in [-0.39, 0.29) is 23.8 Å². The third-order valence-corrected chi connectivity index (χ3v) is 8.05. The third kappa shape index (κ3) is 8.56. The van der Waals surface area contributed by atoms with Crippen LogP contribution in [0, 0.1) is 0 Å². The number of nitrogens with zero attached hydrogens (tertiary/aromatic N) is 2. The van der Waals surface area contributed by atoms with E-state index in [0.717, 1.165) is 66.8 Å². The number of likely N-dealkylation sites (N-methyl/N-ethyl adjacent to an activating group) is 1. The average molecular weight is 583 g/mol. The van der Waals surface area contributed by atoms with E-state index in [2.05, 4.69) is 57.2 Å². The van der Waals surface area contributed by atoms with Crippen LogP contribution in [0.3, 0.4) is 0 Å². The molecule has 0 radical (unpaired) electrons. The van der Waals surface area contributed by atoms with Crippen LogP contribution in [0.2, 0.25) is 0 Å². The lowest BCUT2D eigenvalue weighted by molar-refractivity contribution is -0.136. The fourth-order valence-electron chi connectivity index (χ4n) is 5.72. The summed E-state index contributed by atoms with van der Waals surface area (Å²) in [7, 11) is 0. The number of aryl methyl sites for hydroxylation is 2. The molecule has 0 spiro atoms. The van der Waals surface area contributed by atoms with Gasteiger partial charge in [-0.25, -0.2) is 0 Å². The van der Waals surface area contributed by atoms with Crippen molar-refractivity contribution >= 4 is 17.7 Å². The number of ether oxygens (including phenoxy) is 1. The summed E-state index contributed by atoms with van der Waals surface area (Å²) in [5.41, 5.74) is 6.62. The van der Waals surface area contributed by atoms with Gasteiger partial charge < -0.3 is 9.84 Å². The van der Waals surface area contributed by atoms with E-state index in [1.165, 1.54) is 16.7 Å². The van der Waals surface area contributed by atoms with Crippen molar-refractivity contribution in [1.29, 1.82) is 0 Å². The smallest absolute Gasteiger partial charge is 0.307 e. The topological polar surface area (TPSA) is 79.2 Å². The normalized spacial score (nSPS) is 15.1. The zero-order valence-electron chi connectivity index (χ0n) is 26.4. The number of carboxylic acids is 1. The third-order valence-electron chi connectivity index (χ3n) is 8.05. The maximum absolute atomic E-state index is 13.1. The molecule has 1 unspecified atom stereocenters. The summed E-state index contributed by atoms with van der Waals surface area (Å²) in [6.45, 7) is 11.8. The van der Waals surface area contributed by atoms with Gasteiger partial charge in [0.2, 0.25) is 0 Å². The summed E-state index contributed by atoms with van der Waals surface area (Å²) in [6, 6.07) is 22.5. The van der Waals surface area contributed by atoms with Gasteiger partial charge in [-0.2, -0.15) is 0 Å². The second kappa shape index (κ2) is 14.5. The molecule has 6 heteroatoms. The van der Waals surface area contributed by atoms with E-state index in [1.54, 1.807) is 0 Å². The summed E-state index contributed by atoms with van der Waals surface area (Å²) in [5.74, 6) is 0.932. The first kappa shape index (κ1) is 32.0. The number of hydrogen-bond donors (Lipinski definition) is 1. The minimum atomic E-state index is -0.855. The number of hydrogen-bond acceptors (Lipinski definition) is 4. The minimum Gasteiger partial charge on any atom is -0.493 e. The van der Waals surface area contributed by atoms with Crippen molar-refractivity contribution in [2.45, 2.75) is 91.0 Å². The summed E-state index contributed by atoms with van der Waals surface area (Å²) < 4.78 is 5.85. The van der Waals surface area contributed by atoms with Crippen molar-refractivity contribution < 1.29 is 19.4 Å². The van der Waals surface area contributed by atoms with E-state index >= 15 is 0 Å². The van der Waals surface area contributed by atoms with Gasteiger partial charge in [0.05, 0.1) is 13.0 Å². The fraction of sp³-hybridized carbons (Fsp3) is 0.432. The number of benzene rings is 3. The molecule has 1 aliphatic heterocycles. The van der Waals surface area contributed by atoms with Crippen LogP contribution in [-0.2, 0) is 34.3 Å². The Morgan fingerprint density at radius 1 is 0.907 bits per heavy atom. The van der Waals surface area contributed by atoms with Crippen LogP contribution in [0.25, 0.3) is 11.1 Å². The molecular weight excluding hydrogens is 536 g/mol. The number of amides is 1. The van der Waals surface area contributed by atoms with Crippen LogP contribution in [0.5, 0.6) is 5.75 Å². The molecule has 3 aromatic carbocycles. The molecule has 0 saturated heterocycles. The fourth-order valence-corrected chi connectivity index (χ4v) is 5.72. The van der Waals surface area contributed by atoms with E-state index in [4.69, 9.17) is 9.73 Å². The quantitative estimate of drug-likeness (QED) is 0.212. The number of amidine groups is 1. The lowest BCUT2D eigenvalue weighted by Gasteiger charge is -2.19. The molecule has 1 amide bonds. The Morgan fingerprint density at radius 3 is 2.30 bits per heavy atom. The number of aliphatic imine (C=N–C) groups is 1. The maximum atomic E-state index is 13.1. The molecule has 1 aliphatic rings. The van der Waals surface area contributed by atoms with Crippen molar-refractivity contribution in [2.24, 2.45) is 4.99 Å². The van der Waals surface area contributed by atoms with E-state index < -0.39 is 5.97 Å². The van der Waals surface area contributed by atoms with Gasteiger partial charge in [0.1, 0.15) is 17.6 Å². The Hall–Kier alpha value is -3.93. The second-order valence-electron chi connectivity index (χ2n) is 12.4. The molecule has 0 aromatic heterocycles. The second-order valence-corrected chi connectivity index (χ2v) is 12.4. The molecule has 6 nitrogen and oxygen atoms in total. The lowest BCUT2D eigenvalue weighted by atomic mass is 9.86. The molecule has 1 N–H and O–H groups in total. The van der Waals surface area contributed by atoms with Gasteiger partial charge in [-0.15, -0.1) is 0 Å². The SMILES string of the molecule is CCOc1ccc(CC(=O)O)cc1-c1cccc(CCCC2=NC(CCCc3ccc(C(C)(C)C)cc3)C(=O)N2CC)c1. The Morgan fingerprint density at radius 2 is 1.63 bits per heavy atom. The Kier molecular flexibility index (Phi) is 10.8. The number of aliphatic carboxylic acids is 1. The standard InChI is InChI=1S/C37H46N2O4/c1-6-39-34(38-32(36(39)42)15-9-11-26-17-20-30(21-18-26)37(3,4)5)16-10-13-27-12-8-14-29(23-27)31-24-28(25-35(40)41)19-22-33(31)43-7-2/h8,12,14,17-24,32H,6-7,9-11,13,15-16,25H2,1-5H3,(H,40,41). The Labute approximate surface area is 256 Å². The summed E-state index contributed by atoms with van der Waals surface area (Å²) in [6.07, 6.45) is 5.12. The maximum Gasteiger partial charge on any atom is 0.307 e. The molecule has 43 heavy (non-hydrogen) atoms. The van der Waals surface area contributed by atoms with Crippen LogP contribution in [0.4, 0.5) is 0 Å². The molecule has 3 aromatic rings. The van der Waals surface area contributed by atoms with Crippen LogP contribution in [-0.4, -0.2) is 46.9 Å². The highest BCUT2D eigenvalue weighted by atomic mass is 16.5. The van der Waals surface area contributed by atoms with Crippen LogP contribution in [0.1, 0.15) is 82.6 Å². The highest BCUT2D eigenvalue weighted by molar-refractivity contribution is 6.05. The molecule has 228 valence electrons. The molecule has 1 heterocycles. The first-order valence-corrected chi connectivity index (χ1v) is 15.6. The Bertz CT molecular complexity index is 1440. The predicted octanol–water partition coefficient (Wildman–Crippen LogP) is 7.65. The highest BCUT2D eigenvalue weighted by Gasteiger charge is 2.32. The number of carbonyl (C=O) groups is 2. The van der Waals surface area contributed by atoms with Crippen molar-refractivity contribution in [1.82, 2.24) is 4.90 Å². The van der Waals surface area contributed by atoms with Gasteiger partial charge in [-0.1, -0.05) is 75.4 Å². The first-order chi connectivity index (χ1) is 20.6. The molecule has 1 atom stereocenters. The van der Waals surface area contributed by atoms with Crippen molar-refractivity contribution in [3.63, 3.8) is 0 Å². The van der Waals surface area contributed by atoms with Crippen molar-refractivity contribution in [2.75, 3.05) is 13.2 Å². The molecule has 0 fully saturated rings. The number of carboxylic acid groups (broad SMARTS) is 1. The first-order valence-electron chi connectivity index (χ1n) is 15.6. The highest BCUT2D eigenvalue weighted by Crippen LogP contribution is 2.32. The van der Waals surface area contributed by atoms with E-state index in [1.807, 2.05) is 49.1 Å². The van der Waals surface area contributed by atoms with E-state index in [9.17, 15) is 14.7 Å². The number of carbonyl (C=O) groups excluding carboxylic acids is 1. The molecule has 0 bridgehead atoms.